The summed E-state index contributed by atoms with van der Waals surface area (Å²) in [6, 6.07) is 1.67. The maximum absolute atomic E-state index is 11.7. The average molecular weight is 330 g/mol. The van der Waals surface area contributed by atoms with E-state index in [2.05, 4.69) is 28.2 Å². The lowest BCUT2D eigenvalue weighted by atomic mass is 10.1. The number of unbranched alkanes of at least 4 members (excludes halogenated alkanes) is 7. The molecule has 19 heavy (non-hydrogen) atoms. The van der Waals surface area contributed by atoms with Crippen molar-refractivity contribution >= 4 is 21.8 Å². The van der Waals surface area contributed by atoms with Gasteiger partial charge in [0.05, 0.1) is 11.8 Å². The fourth-order valence-corrected chi connectivity index (χ4v) is 2.43. The highest BCUT2D eigenvalue weighted by molar-refractivity contribution is 9.10. The van der Waals surface area contributed by atoms with E-state index < -0.39 is 0 Å². The van der Waals surface area contributed by atoms with Crippen molar-refractivity contribution in [2.75, 3.05) is 6.54 Å². The second kappa shape index (κ2) is 10.1. The minimum absolute atomic E-state index is 0.0661. The number of hydrogen-bond acceptors (Lipinski definition) is 2. The van der Waals surface area contributed by atoms with Crippen molar-refractivity contribution < 1.29 is 9.21 Å². The molecule has 1 aromatic rings. The van der Waals surface area contributed by atoms with Crippen LogP contribution < -0.4 is 5.32 Å². The third-order valence-electron chi connectivity index (χ3n) is 3.18. The normalized spacial score (nSPS) is 10.6. The first kappa shape index (κ1) is 16.3. The molecule has 0 fully saturated rings. The van der Waals surface area contributed by atoms with Crippen LogP contribution in [0.1, 0.15) is 68.6 Å². The maximum atomic E-state index is 11.7. The van der Waals surface area contributed by atoms with Gasteiger partial charge in [-0.25, -0.2) is 0 Å². The lowest BCUT2D eigenvalue weighted by Gasteiger charge is -2.04. The Balaban J connectivity index is 1.96. The molecule has 0 aromatic carbocycles. The van der Waals surface area contributed by atoms with Crippen LogP contribution in [0.2, 0.25) is 0 Å². The largest absolute Gasteiger partial charge is 0.457 e. The molecule has 0 unspecified atom stereocenters. The van der Waals surface area contributed by atoms with Crippen molar-refractivity contribution in [2.24, 2.45) is 0 Å². The summed E-state index contributed by atoms with van der Waals surface area (Å²) in [7, 11) is 0. The van der Waals surface area contributed by atoms with Crippen LogP contribution in [0.3, 0.4) is 0 Å². The number of halogens is 1. The molecule has 0 bridgehead atoms. The standard InChI is InChI=1S/C15H24BrNO2/c1-2-3-4-5-6-7-8-9-11-17-15(18)13-10-12-19-14(13)16/h10,12H,2-9,11H2,1H3,(H,17,18). The lowest BCUT2D eigenvalue weighted by molar-refractivity contribution is 0.0951. The monoisotopic (exact) mass is 329 g/mol. The summed E-state index contributed by atoms with van der Waals surface area (Å²) < 4.78 is 5.53. The third kappa shape index (κ3) is 6.81. The minimum atomic E-state index is -0.0661. The summed E-state index contributed by atoms with van der Waals surface area (Å²) in [5.41, 5.74) is 0.569. The molecule has 4 heteroatoms. The highest BCUT2D eigenvalue weighted by atomic mass is 79.9. The van der Waals surface area contributed by atoms with Crippen molar-refractivity contribution in [3.63, 3.8) is 0 Å². The summed E-state index contributed by atoms with van der Waals surface area (Å²) in [5.74, 6) is -0.0661. The van der Waals surface area contributed by atoms with Crippen LogP contribution in [0.4, 0.5) is 0 Å². The molecule has 108 valence electrons. The molecule has 0 radical (unpaired) electrons. The first-order chi connectivity index (χ1) is 9.25. The summed E-state index contributed by atoms with van der Waals surface area (Å²) in [6.45, 7) is 2.98. The highest BCUT2D eigenvalue weighted by Gasteiger charge is 2.11. The number of furan rings is 1. The summed E-state index contributed by atoms with van der Waals surface area (Å²) in [4.78, 5) is 11.7. The van der Waals surface area contributed by atoms with E-state index in [0.717, 1.165) is 13.0 Å². The van der Waals surface area contributed by atoms with Gasteiger partial charge in [-0.05, 0) is 28.4 Å². The fraction of sp³-hybridized carbons (Fsp3) is 0.667. The third-order valence-corrected chi connectivity index (χ3v) is 3.79. The Labute approximate surface area is 124 Å². The van der Waals surface area contributed by atoms with E-state index in [1.807, 2.05) is 0 Å². The molecule has 3 nitrogen and oxygen atoms in total. The van der Waals surface area contributed by atoms with E-state index in [0.29, 0.717) is 10.2 Å². The van der Waals surface area contributed by atoms with Crippen molar-refractivity contribution in [3.8, 4) is 0 Å². The molecule has 0 saturated heterocycles. The second-order valence-corrected chi connectivity index (χ2v) is 5.56. The molecular weight excluding hydrogens is 306 g/mol. The zero-order valence-corrected chi connectivity index (χ0v) is 13.3. The van der Waals surface area contributed by atoms with E-state index in [1.165, 1.54) is 51.2 Å². The molecule has 1 rings (SSSR count). The van der Waals surface area contributed by atoms with Gasteiger partial charge in [-0.3, -0.25) is 4.79 Å². The molecule has 0 aliphatic heterocycles. The Bertz CT molecular complexity index is 363. The van der Waals surface area contributed by atoms with E-state index in [1.54, 1.807) is 6.07 Å². The van der Waals surface area contributed by atoms with Gasteiger partial charge in [0.25, 0.3) is 5.91 Å². The van der Waals surface area contributed by atoms with Gasteiger partial charge < -0.3 is 9.73 Å². The predicted molar refractivity (Wildman–Crippen MR) is 81.4 cm³/mol. The van der Waals surface area contributed by atoms with E-state index in [-0.39, 0.29) is 5.91 Å². The Morgan fingerprint density at radius 3 is 2.37 bits per heavy atom. The molecule has 1 aromatic heterocycles. The summed E-state index contributed by atoms with van der Waals surface area (Å²) >= 11 is 3.20. The Hall–Kier alpha value is -0.770. The van der Waals surface area contributed by atoms with Crippen LogP contribution >= 0.6 is 15.9 Å². The number of nitrogens with one attached hydrogen (secondary N) is 1. The fourth-order valence-electron chi connectivity index (χ4n) is 2.01. The molecule has 1 heterocycles. The second-order valence-electron chi connectivity index (χ2n) is 4.84. The molecule has 1 amide bonds. The Kier molecular flexibility index (Phi) is 8.63. The molecule has 0 atom stereocenters. The quantitative estimate of drug-likeness (QED) is 0.619. The van der Waals surface area contributed by atoms with Gasteiger partial charge in [0.2, 0.25) is 0 Å². The summed E-state index contributed by atoms with van der Waals surface area (Å²) in [5, 5.41) is 2.91. The zero-order valence-electron chi connectivity index (χ0n) is 11.7. The van der Waals surface area contributed by atoms with Gasteiger partial charge in [-0.15, -0.1) is 0 Å². The predicted octanol–water partition coefficient (Wildman–Crippen LogP) is 4.91. The zero-order chi connectivity index (χ0) is 13.9. The molecule has 0 aliphatic carbocycles. The summed E-state index contributed by atoms with van der Waals surface area (Å²) in [6.07, 6.45) is 11.7. The Morgan fingerprint density at radius 1 is 1.16 bits per heavy atom. The van der Waals surface area contributed by atoms with Crippen LogP contribution in [-0.4, -0.2) is 12.5 Å². The van der Waals surface area contributed by atoms with Crippen LogP contribution in [0, 0.1) is 0 Å². The molecule has 0 spiro atoms. The smallest absolute Gasteiger partial charge is 0.255 e. The number of hydrogen-bond donors (Lipinski definition) is 1. The number of carbonyl (C=O) groups excluding carboxylic acids is 1. The number of amides is 1. The minimum Gasteiger partial charge on any atom is -0.457 e. The maximum Gasteiger partial charge on any atom is 0.255 e. The molecule has 0 saturated carbocycles. The van der Waals surface area contributed by atoms with E-state index >= 15 is 0 Å². The number of rotatable bonds is 10. The molecule has 1 N–H and O–H groups in total. The van der Waals surface area contributed by atoms with Crippen LogP contribution in [-0.2, 0) is 0 Å². The van der Waals surface area contributed by atoms with Gasteiger partial charge in [-0.2, -0.15) is 0 Å². The van der Waals surface area contributed by atoms with Crippen molar-refractivity contribution in [2.45, 2.75) is 58.3 Å². The lowest BCUT2D eigenvalue weighted by Crippen LogP contribution is -2.24. The first-order valence-electron chi connectivity index (χ1n) is 7.27. The van der Waals surface area contributed by atoms with E-state index in [9.17, 15) is 4.79 Å². The van der Waals surface area contributed by atoms with Gasteiger partial charge in [0.15, 0.2) is 4.67 Å². The number of carbonyl (C=O) groups is 1. The first-order valence-corrected chi connectivity index (χ1v) is 8.06. The van der Waals surface area contributed by atoms with Gasteiger partial charge in [0, 0.05) is 6.54 Å². The van der Waals surface area contributed by atoms with Crippen molar-refractivity contribution in [1.82, 2.24) is 5.32 Å². The van der Waals surface area contributed by atoms with Gasteiger partial charge >= 0.3 is 0 Å². The van der Waals surface area contributed by atoms with Gasteiger partial charge in [0.1, 0.15) is 0 Å². The van der Waals surface area contributed by atoms with Crippen molar-refractivity contribution in [3.05, 3.63) is 22.6 Å². The average Bonchev–Trinajstić information content (AvgIpc) is 2.83. The van der Waals surface area contributed by atoms with Crippen LogP contribution in [0.15, 0.2) is 21.4 Å². The van der Waals surface area contributed by atoms with Crippen LogP contribution in [0.5, 0.6) is 0 Å². The molecular formula is C15H24BrNO2. The van der Waals surface area contributed by atoms with Crippen molar-refractivity contribution in [1.29, 1.82) is 0 Å². The molecule has 0 aliphatic rings. The van der Waals surface area contributed by atoms with Gasteiger partial charge in [-0.1, -0.05) is 51.9 Å². The topological polar surface area (TPSA) is 42.2 Å². The SMILES string of the molecule is CCCCCCCCCCNC(=O)c1ccoc1Br. The van der Waals surface area contributed by atoms with E-state index in [4.69, 9.17) is 4.42 Å². The van der Waals surface area contributed by atoms with Crippen LogP contribution in [0.25, 0.3) is 0 Å². The Morgan fingerprint density at radius 2 is 1.79 bits per heavy atom. The highest BCUT2D eigenvalue weighted by Crippen LogP contribution is 2.17.